The lowest BCUT2D eigenvalue weighted by atomic mass is 10.1. The molecule has 2 rings (SSSR count). The van der Waals surface area contributed by atoms with Gasteiger partial charge in [0.2, 0.25) is 0 Å². The highest BCUT2D eigenvalue weighted by atomic mass is 31.2. The van der Waals surface area contributed by atoms with Gasteiger partial charge in [-0.1, -0.05) is 18.2 Å². The number of hydrogen-bond acceptors (Lipinski definition) is 3. The normalized spacial score (nSPS) is 13.6. The van der Waals surface area contributed by atoms with Crippen LogP contribution in [0.4, 0.5) is 0 Å². The number of carbonyl (C=O) groups excluding carboxylic acids is 1. The maximum atomic E-state index is 12.5. The number of ketones is 1. The van der Waals surface area contributed by atoms with E-state index in [-0.39, 0.29) is 5.78 Å². The van der Waals surface area contributed by atoms with Gasteiger partial charge in [0.25, 0.3) is 7.37 Å². The maximum Gasteiger partial charge on any atom is 0.274 e. The van der Waals surface area contributed by atoms with Crippen LogP contribution in [0.3, 0.4) is 0 Å². The Kier molecular flexibility index (Phi) is 3.87. The number of hydrogen-bond donors (Lipinski definition) is 0. The van der Waals surface area contributed by atoms with E-state index in [0.717, 1.165) is 0 Å². The van der Waals surface area contributed by atoms with Crippen LogP contribution in [0.5, 0.6) is 5.75 Å². The molecule has 0 bridgehead atoms. The molecule has 4 heteroatoms. The molecule has 19 heavy (non-hydrogen) atoms. The van der Waals surface area contributed by atoms with Crippen LogP contribution in [0.1, 0.15) is 17.3 Å². The molecule has 3 nitrogen and oxygen atoms in total. The third-order valence-electron chi connectivity index (χ3n) is 2.77. The van der Waals surface area contributed by atoms with Crippen molar-refractivity contribution in [3.05, 3.63) is 60.2 Å². The molecule has 0 amide bonds. The summed E-state index contributed by atoms with van der Waals surface area (Å²) >= 11 is 0. The fourth-order valence-corrected chi connectivity index (χ4v) is 3.05. The summed E-state index contributed by atoms with van der Waals surface area (Å²) in [4.78, 5) is 11.2. The minimum absolute atomic E-state index is 0.00529. The van der Waals surface area contributed by atoms with Crippen molar-refractivity contribution in [3.8, 4) is 5.75 Å². The highest BCUT2D eigenvalue weighted by molar-refractivity contribution is 7.66. The minimum Gasteiger partial charge on any atom is -0.440 e. The van der Waals surface area contributed by atoms with Crippen molar-refractivity contribution in [2.24, 2.45) is 0 Å². The lowest BCUT2D eigenvalue weighted by molar-refractivity contribution is 0.101. The second-order valence-electron chi connectivity index (χ2n) is 4.35. The Bertz CT molecular complexity index is 618. The van der Waals surface area contributed by atoms with Crippen LogP contribution in [0, 0.1) is 0 Å². The topological polar surface area (TPSA) is 43.4 Å². The Balaban J connectivity index is 2.21. The first-order valence-electron chi connectivity index (χ1n) is 5.93. The Morgan fingerprint density at radius 1 is 1.00 bits per heavy atom. The van der Waals surface area contributed by atoms with Gasteiger partial charge in [-0.15, -0.1) is 0 Å². The monoisotopic (exact) mass is 274 g/mol. The van der Waals surface area contributed by atoms with E-state index in [0.29, 0.717) is 16.6 Å². The molecule has 0 saturated carbocycles. The number of benzene rings is 2. The zero-order valence-electron chi connectivity index (χ0n) is 10.9. The number of carbonyl (C=O) groups is 1. The average molecular weight is 274 g/mol. The van der Waals surface area contributed by atoms with E-state index in [2.05, 4.69) is 0 Å². The first-order valence-corrected chi connectivity index (χ1v) is 8.00. The molecule has 0 fully saturated rings. The Morgan fingerprint density at radius 2 is 1.58 bits per heavy atom. The van der Waals surface area contributed by atoms with E-state index >= 15 is 0 Å². The summed E-state index contributed by atoms with van der Waals surface area (Å²) in [5.74, 6) is 0.494. The highest BCUT2D eigenvalue weighted by Gasteiger charge is 2.20. The van der Waals surface area contributed by atoms with Gasteiger partial charge in [0, 0.05) is 17.5 Å². The molecule has 0 aliphatic heterocycles. The van der Waals surface area contributed by atoms with Crippen molar-refractivity contribution in [1.29, 1.82) is 0 Å². The van der Waals surface area contributed by atoms with Crippen LogP contribution >= 0.6 is 7.37 Å². The average Bonchev–Trinajstić information content (AvgIpc) is 2.40. The van der Waals surface area contributed by atoms with Gasteiger partial charge in [0.1, 0.15) is 5.75 Å². The zero-order valence-corrected chi connectivity index (χ0v) is 11.8. The third kappa shape index (κ3) is 3.33. The largest absolute Gasteiger partial charge is 0.440 e. The van der Waals surface area contributed by atoms with E-state index in [1.165, 1.54) is 6.92 Å². The predicted octanol–water partition coefficient (Wildman–Crippen LogP) is 3.50. The summed E-state index contributed by atoms with van der Waals surface area (Å²) in [5.41, 5.74) is 0.609. The van der Waals surface area contributed by atoms with Gasteiger partial charge in [0.15, 0.2) is 5.78 Å². The van der Waals surface area contributed by atoms with Crippen molar-refractivity contribution in [1.82, 2.24) is 0 Å². The van der Waals surface area contributed by atoms with E-state index in [1.807, 2.05) is 18.2 Å². The Labute approximate surface area is 112 Å². The molecular weight excluding hydrogens is 259 g/mol. The van der Waals surface area contributed by atoms with Gasteiger partial charge in [-0.3, -0.25) is 9.36 Å². The molecule has 2 aromatic rings. The summed E-state index contributed by atoms with van der Waals surface area (Å²) in [6, 6.07) is 15.7. The summed E-state index contributed by atoms with van der Waals surface area (Å²) in [6.45, 7) is 3.09. The van der Waals surface area contributed by atoms with Crippen molar-refractivity contribution < 1.29 is 13.9 Å². The lowest BCUT2D eigenvalue weighted by Gasteiger charge is -2.15. The van der Waals surface area contributed by atoms with Gasteiger partial charge < -0.3 is 4.52 Å². The van der Waals surface area contributed by atoms with Crippen LogP contribution in [0.15, 0.2) is 54.6 Å². The van der Waals surface area contributed by atoms with Crippen LogP contribution < -0.4 is 9.83 Å². The Hall–Kier alpha value is -1.86. The van der Waals surface area contributed by atoms with Crippen LogP contribution in [-0.2, 0) is 4.57 Å². The van der Waals surface area contributed by atoms with Gasteiger partial charge in [-0.2, -0.15) is 0 Å². The molecule has 1 unspecified atom stereocenters. The molecule has 0 aromatic heterocycles. The molecule has 0 N–H and O–H groups in total. The van der Waals surface area contributed by atoms with E-state index in [1.54, 1.807) is 43.1 Å². The molecule has 0 saturated heterocycles. The standard InChI is InChI=1S/C15H15O3P/c1-12(16)13-8-10-14(11-9-13)18-19(2,17)15-6-4-3-5-7-15/h3-11H,1-2H3. The first kappa shape index (κ1) is 13.6. The molecule has 0 radical (unpaired) electrons. The number of Topliss-reactive ketones (excluding diaryl/α,β-unsaturated/α-hetero) is 1. The minimum atomic E-state index is -2.89. The van der Waals surface area contributed by atoms with Gasteiger partial charge >= 0.3 is 0 Å². The van der Waals surface area contributed by atoms with E-state index < -0.39 is 7.37 Å². The Morgan fingerprint density at radius 3 is 2.11 bits per heavy atom. The van der Waals surface area contributed by atoms with E-state index in [9.17, 15) is 9.36 Å². The van der Waals surface area contributed by atoms with Gasteiger partial charge in [0.05, 0.1) is 0 Å². The molecule has 0 heterocycles. The first-order chi connectivity index (χ1) is 8.99. The third-order valence-corrected chi connectivity index (χ3v) is 4.56. The summed E-state index contributed by atoms with van der Waals surface area (Å²) in [7, 11) is -2.89. The SMILES string of the molecule is CC(=O)c1ccc(OP(C)(=O)c2ccccc2)cc1. The van der Waals surface area contributed by atoms with Gasteiger partial charge in [-0.05, 0) is 43.3 Å². The van der Waals surface area contributed by atoms with Crippen molar-refractivity contribution >= 4 is 18.5 Å². The molecule has 0 aliphatic carbocycles. The van der Waals surface area contributed by atoms with Crippen LogP contribution in [-0.4, -0.2) is 12.4 Å². The fourth-order valence-electron chi connectivity index (χ4n) is 1.70. The quantitative estimate of drug-likeness (QED) is 0.633. The summed E-state index contributed by atoms with van der Waals surface area (Å²) in [5, 5.41) is 0.672. The van der Waals surface area contributed by atoms with Crippen LogP contribution in [0.25, 0.3) is 0 Å². The molecule has 98 valence electrons. The van der Waals surface area contributed by atoms with Crippen molar-refractivity contribution in [2.45, 2.75) is 6.92 Å². The van der Waals surface area contributed by atoms with Gasteiger partial charge in [-0.25, -0.2) is 0 Å². The van der Waals surface area contributed by atoms with Crippen molar-refractivity contribution in [3.63, 3.8) is 0 Å². The summed E-state index contributed by atoms with van der Waals surface area (Å²) in [6.07, 6.45) is 0. The smallest absolute Gasteiger partial charge is 0.274 e. The van der Waals surface area contributed by atoms with E-state index in [4.69, 9.17) is 4.52 Å². The van der Waals surface area contributed by atoms with Crippen LogP contribution in [0.2, 0.25) is 0 Å². The predicted molar refractivity (Wildman–Crippen MR) is 76.7 cm³/mol. The second-order valence-corrected chi connectivity index (χ2v) is 6.74. The zero-order chi connectivity index (χ0) is 13.9. The van der Waals surface area contributed by atoms with Crippen molar-refractivity contribution in [2.75, 3.05) is 6.66 Å². The second kappa shape index (κ2) is 5.41. The summed E-state index contributed by atoms with van der Waals surface area (Å²) < 4.78 is 18.1. The molecular formula is C15H15O3P. The molecule has 2 aromatic carbocycles. The maximum absolute atomic E-state index is 12.5. The highest BCUT2D eigenvalue weighted by Crippen LogP contribution is 2.41. The fraction of sp³-hybridized carbons (Fsp3) is 0.133. The molecule has 0 aliphatic rings. The molecule has 1 atom stereocenters. The molecule has 0 spiro atoms. The lowest BCUT2D eigenvalue weighted by Crippen LogP contribution is -2.07. The number of rotatable bonds is 4.